The summed E-state index contributed by atoms with van der Waals surface area (Å²) in [6.07, 6.45) is 10.5. The van der Waals surface area contributed by atoms with Gasteiger partial charge in [0, 0.05) is 24.9 Å². The van der Waals surface area contributed by atoms with Crippen molar-refractivity contribution in [2.24, 2.45) is 5.92 Å². The van der Waals surface area contributed by atoms with Crippen molar-refractivity contribution in [3.8, 4) is 5.69 Å². The standard InChI is InChI=1S/C34H46F3N6O/c1-39-24-43(17-7-2-3-8-18-43)38-32(39)31(26-11-9-12-26)27-13-10-14-28(20-27)41-23-30-29(34(35,36)37)19-25(22-42(30)33(41)44)21-40-15-5-4-6-16-40/h10,13-14,19-20,22-23,26,31-32,38H,2-9,11-12,15-18,21,24H2,1H3/q+1/t31-,32?/m1/s1. The molecule has 238 valence electrons. The summed E-state index contributed by atoms with van der Waals surface area (Å²) >= 11 is 0. The lowest BCUT2D eigenvalue weighted by Crippen LogP contribution is -2.57. The van der Waals surface area contributed by atoms with Crippen molar-refractivity contribution in [3.05, 3.63) is 69.9 Å². The van der Waals surface area contributed by atoms with Gasteiger partial charge in [-0.1, -0.05) is 25.0 Å². The molecule has 4 aliphatic rings. The average Bonchev–Trinajstić information content (AvgIpc) is 3.37. The summed E-state index contributed by atoms with van der Waals surface area (Å²) in [5.41, 5.74) is 5.03. The second kappa shape index (κ2) is 11.9. The van der Waals surface area contributed by atoms with Gasteiger partial charge in [-0.3, -0.25) is 13.9 Å². The summed E-state index contributed by atoms with van der Waals surface area (Å²) in [5.74, 6) is 0.776. The van der Waals surface area contributed by atoms with E-state index in [0.717, 1.165) is 62.3 Å². The SMILES string of the molecule is CN1C[N+]2(CCCCCC2)NC1[C@@H](c1cccc(-n2cc3c(C(F)(F)F)cc(CN4CCCCC4)cn3c2=O)c1)C1CCC1. The van der Waals surface area contributed by atoms with E-state index >= 15 is 0 Å². The Morgan fingerprint density at radius 1 is 0.955 bits per heavy atom. The molecule has 1 unspecified atom stereocenters. The minimum absolute atomic E-state index is 0.101. The largest absolute Gasteiger partial charge is 0.418 e. The van der Waals surface area contributed by atoms with Gasteiger partial charge >= 0.3 is 11.9 Å². The molecular formula is C34H46F3N6O+. The molecule has 1 N–H and O–H groups in total. The predicted octanol–water partition coefficient (Wildman–Crippen LogP) is 6.10. The Bertz CT molecular complexity index is 1530. The van der Waals surface area contributed by atoms with Crippen molar-refractivity contribution in [3.63, 3.8) is 0 Å². The number of rotatable bonds is 6. The molecule has 3 aromatic rings. The molecule has 0 bridgehead atoms. The van der Waals surface area contributed by atoms with Gasteiger partial charge in [0.25, 0.3) is 0 Å². The molecule has 3 aliphatic heterocycles. The maximum Gasteiger partial charge on any atom is 0.418 e. The van der Waals surface area contributed by atoms with Gasteiger partial charge < -0.3 is 0 Å². The van der Waals surface area contributed by atoms with Gasteiger partial charge in [-0.25, -0.2) is 14.3 Å². The van der Waals surface area contributed by atoms with Crippen LogP contribution in [-0.2, 0) is 12.7 Å². The van der Waals surface area contributed by atoms with Crippen molar-refractivity contribution in [1.29, 1.82) is 0 Å². The van der Waals surface area contributed by atoms with Crippen LogP contribution in [0.5, 0.6) is 0 Å². The first-order valence-corrected chi connectivity index (χ1v) is 16.7. The van der Waals surface area contributed by atoms with Crippen molar-refractivity contribution < 1.29 is 17.8 Å². The number of hydrogen-bond donors (Lipinski definition) is 1. The van der Waals surface area contributed by atoms with Crippen LogP contribution in [0.25, 0.3) is 11.2 Å². The molecule has 0 amide bonds. The molecule has 1 spiro atoms. The molecule has 10 heteroatoms. The number of quaternary nitrogens is 1. The Hall–Kier alpha value is -2.66. The van der Waals surface area contributed by atoms with Gasteiger partial charge in [0.1, 0.15) is 6.17 Å². The molecule has 0 radical (unpaired) electrons. The third kappa shape index (κ3) is 5.74. The lowest BCUT2D eigenvalue weighted by molar-refractivity contribution is -0.961. The lowest BCUT2D eigenvalue weighted by Gasteiger charge is -2.39. The average molecular weight is 612 g/mol. The zero-order valence-corrected chi connectivity index (χ0v) is 25.9. The second-order valence-electron chi connectivity index (χ2n) is 13.9. The number of nitrogens with zero attached hydrogens (tertiary/aromatic N) is 5. The van der Waals surface area contributed by atoms with E-state index in [1.807, 2.05) is 18.2 Å². The highest BCUT2D eigenvalue weighted by molar-refractivity contribution is 5.58. The number of aromatic nitrogens is 2. The smallest absolute Gasteiger partial charge is 0.299 e. The summed E-state index contributed by atoms with van der Waals surface area (Å²) in [7, 11) is 2.22. The van der Waals surface area contributed by atoms with Crippen molar-refractivity contribution in [1.82, 2.24) is 24.2 Å². The molecule has 4 fully saturated rings. The molecule has 2 aromatic heterocycles. The minimum atomic E-state index is -4.57. The monoisotopic (exact) mass is 611 g/mol. The van der Waals surface area contributed by atoms with Crippen LogP contribution >= 0.6 is 0 Å². The van der Waals surface area contributed by atoms with Crippen LogP contribution in [0.3, 0.4) is 0 Å². The van der Waals surface area contributed by atoms with Crippen molar-refractivity contribution in [2.45, 2.75) is 89.0 Å². The fourth-order valence-electron chi connectivity index (χ4n) is 8.37. The second-order valence-corrected chi connectivity index (χ2v) is 13.9. The van der Waals surface area contributed by atoms with Gasteiger partial charge in [0.05, 0.1) is 29.9 Å². The third-order valence-corrected chi connectivity index (χ3v) is 10.8. The fourth-order valence-corrected chi connectivity index (χ4v) is 8.37. The van der Waals surface area contributed by atoms with Crippen LogP contribution in [0.2, 0.25) is 0 Å². The molecule has 44 heavy (non-hydrogen) atoms. The molecule has 1 aromatic carbocycles. The molecule has 3 saturated heterocycles. The van der Waals surface area contributed by atoms with E-state index in [1.165, 1.54) is 66.2 Å². The minimum Gasteiger partial charge on any atom is -0.299 e. The number of piperidine rings is 1. The summed E-state index contributed by atoms with van der Waals surface area (Å²) in [6.45, 7) is 5.43. The Morgan fingerprint density at radius 3 is 2.36 bits per heavy atom. The quantitative estimate of drug-likeness (QED) is 0.342. The zero-order valence-electron chi connectivity index (χ0n) is 25.9. The van der Waals surface area contributed by atoms with Crippen molar-refractivity contribution in [2.75, 3.05) is 39.9 Å². The Kier molecular flexibility index (Phi) is 8.14. The number of hydrogen-bond acceptors (Lipinski definition) is 4. The highest BCUT2D eigenvalue weighted by atomic mass is 19.4. The number of imidazole rings is 1. The molecule has 7 rings (SSSR count). The first-order chi connectivity index (χ1) is 21.2. The van der Waals surface area contributed by atoms with Crippen molar-refractivity contribution >= 4 is 5.52 Å². The van der Waals surface area contributed by atoms with Crippen LogP contribution in [0.1, 0.15) is 86.8 Å². The van der Waals surface area contributed by atoms with Gasteiger partial charge in [0.2, 0.25) is 0 Å². The maximum absolute atomic E-state index is 14.4. The summed E-state index contributed by atoms with van der Waals surface area (Å²) in [4.78, 5) is 18.5. The zero-order chi connectivity index (χ0) is 30.5. The normalized spacial score (nSPS) is 24.5. The Labute approximate surface area is 257 Å². The van der Waals surface area contributed by atoms with E-state index in [2.05, 4.69) is 28.3 Å². The summed E-state index contributed by atoms with van der Waals surface area (Å²) in [6, 6.07) is 9.24. The number of fused-ring (bicyclic) bond motifs is 1. The first kappa shape index (κ1) is 30.0. The van der Waals surface area contributed by atoms with E-state index in [4.69, 9.17) is 0 Å². The molecule has 5 heterocycles. The van der Waals surface area contributed by atoms with E-state index in [1.54, 1.807) is 6.20 Å². The van der Waals surface area contributed by atoms with E-state index in [0.29, 0.717) is 23.7 Å². The number of benzene rings is 1. The van der Waals surface area contributed by atoms with Crippen LogP contribution in [-0.4, -0.2) is 69.4 Å². The highest BCUT2D eigenvalue weighted by Crippen LogP contribution is 2.44. The number of pyridine rings is 1. The predicted molar refractivity (Wildman–Crippen MR) is 165 cm³/mol. The Morgan fingerprint density at radius 2 is 1.68 bits per heavy atom. The molecule has 1 saturated carbocycles. The maximum atomic E-state index is 14.4. The van der Waals surface area contributed by atoms with Gasteiger partial charge in [0.15, 0.2) is 6.67 Å². The van der Waals surface area contributed by atoms with Gasteiger partial charge in [-0.2, -0.15) is 13.2 Å². The fraction of sp³-hybridized carbons (Fsp3) is 0.618. The van der Waals surface area contributed by atoms with E-state index in [9.17, 15) is 18.0 Å². The van der Waals surface area contributed by atoms with E-state index in [-0.39, 0.29) is 17.6 Å². The molecule has 7 nitrogen and oxygen atoms in total. The number of nitrogens with one attached hydrogen (secondary N) is 1. The number of halogens is 3. The van der Waals surface area contributed by atoms with Gasteiger partial charge in [-0.05, 0) is 107 Å². The lowest BCUT2D eigenvalue weighted by atomic mass is 9.71. The van der Waals surface area contributed by atoms with Gasteiger partial charge in [-0.15, -0.1) is 5.43 Å². The van der Waals surface area contributed by atoms with E-state index < -0.39 is 17.4 Å². The number of alkyl halides is 3. The number of likely N-dealkylation sites (N-methyl/N-ethyl adjacent to an activating group) is 1. The van der Waals surface area contributed by atoms with Crippen LogP contribution in [0.4, 0.5) is 13.2 Å². The van der Waals surface area contributed by atoms with Crippen LogP contribution < -0.4 is 11.1 Å². The summed E-state index contributed by atoms with van der Waals surface area (Å²) < 4.78 is 46.6. The molecule has 2 atom stereocenters. The molecule has 1 aliphatic carbocycles. The van der Waals surface area contributed by atoms with Crippen LogP contribution in [0, 0.1) is 5.92 Å². The highest BCUT2D eigenvalue weighted by Gasteiger charge is 2.48. The summed E-state index contributed by atoms with van der Waals surface area (Å²) in [5, 5.41) is 0. The molecular weight excluding hydrogens is 565 g/mol. The third-order valence-electron chi connectivity index (χ3n) is 10.8. The van der Waals surface area contributed by atoms with Crippen LogP contribution in [0.15, 0.2) is 47.5 Å². The topological polar surface area (TPSA) is 44.9 Å². The first-order valence-electron chi connectivity index (χ1n) is 16.7. The number of likely N-dealkylation sites (tertiary alicyclic amines) is 1. The Balaban J connectivity index is 1.25.